The van der Waals surface area contributed by atoms with Gasteiger partial charge in [-0.3, -0.25) is 0 Å². The van der Waals surface area contributed by atoms with Gasteiger partial charge in [0.2, 0.25) is 0 Å². The van der Waals surface area contributed by atoms with Crippen molar-refractivity contribution in [1.82, 2.24) is 0 Å². The molecular weight excluding hydrogens is 158 g/mol. The summed E-state index contributed by atoms with van der Waals surface area (Å²) < 4.78 is 0. The quantitative estimate of drug-likeness (QED) is 0.733. The first-order valence-corrected chi connectivity index (χ1v) is 4.94. The van der Waals surface area contributed by atoms with E-state index in [0.717, 1.165) is 6.54 Å². The van der Waals surface area contributed by atoms with Gasteiger partial charge >= 0.3 is 0 Å². The summed E-state index contributed by atoms with van der Waals surface area (Å²) >= 11 is 0. The van der Waals surface area contributed by atoms with Crippen molar-refractivity contribution >= 4 is 0 Å². The van der Waals surface area contributed by atoms with E-state index < -0.39 is 0 Å². The van der Waals surface area contributed by atoms with Crippen LogP contribution in [0, 0.1) is 12.8 Å². The van der Waals surface area contributed by atoms with Gasteiger partial charge in [0.1, 0.15) is 0 Å². The fourth-order valence-electron chi connectivity index (χ4n) is 2.34. The van der Waals surface area contributed by atoms with Gasteiger partial charge < -0.3 is 5.73 Å². The molecule has 0 aliphatic heterocycles. The third-order valence-corrected chi connectivity index (χ3v) is 3.46. The summed E-state index contributed by atoms with van der Waals surface area (Å²) in [5.74, 6) is 0.702. The summed E-state index contributed by atoms with van der Waals surface area (Å²) in [5, 5.41) is 0. The van der Waals surface area contributed by atoms with Crippen LogP contribution in [0.5, 0.6) is 0 Å². The highest BCUT2D eigenvalue weighted by Crippen LogP contribution is 2.53. The second-order valence-electron chi connectivity index (χ2n) is 4.37. The number of hydrogen-bond acceptors (Lipinski definition) is 1. The zero-order valence-corrected chi connectivity index (χ0v) is 8.38. The first kappa shape index (κ1) is 8.76. The van der Waals surface area contributed by atoms with Crippen molar-refractivity contribution in [3.63, 3.8) is 0 Å². The molecule has 1 aromatic carbocycles. The third-order valence-electron chi connectivity index (χ3n) is 3.46. The maximum atomic E-state index is 5.70. The highest BCUT2D eigenvalue weighted by Gasteiger charge is 2.50. The highest BCUT2D eigenvalue weighted by molar-refractivity contribution is 5.38. The topological polar surface area (TPSA) is 26.0 Å². The molecular formula is C12H17N. The summed E-state index contributed by atoms with van der Waals surface area (Å²) in [5.41, 5.74) is 8.97. The van der Waals surface area contributed by atoms with Crippen LogP contribution in [0.3, 0.4) is 0 Å². The largest absolute Gasteiger partial charge is 0.330 e. The minimum Gasteiger partial charge on any atom is -0.330 e. The lowest BCUT2D eigenvalue weighted by atomic mass is 9.91. The predicted molar refractivity (Wildman–Crippen MR) is 55.7 cm³/mol. The van der Waals surface area contributed by atoms with E-state index in [2.05, 4.69) is 38.1 Å². The molecule has 0 unspecified atom stereocenters. The summed E-state index contributed by atoms with van der Waals surface area (Å²) in [6.45, 7) is 5.34. The van der Waals surface area contributed by atoms with Gasteiger partial charge in [0.05, 0.1) is 0 Å². The molecule has 13 heavy (non-hydrogen) atoms. The van der Waals surface area contributed by atoms with Crippen LogP contribution in [0.25, 0.3) is 0 Å². The number of benzene rings is 1. The van der Waals surface area contributed by atoms with Crippen molar-refractivity contribution in [3.8, 4) is 0 Å². The van der Waals surface area contributed by atoms with Crippen molar-refractivity contribution in [2.24, 2.45) is 11.7 Å². The predicted octanol–water partition coefficient (Wildman–Crippen LogP) is 2.23. The van der Waals surface area contributed by atoms with E-state index in [1.165, 1.54) is 17.5 Å². The molecule has 0 bridgehead atoms. The van der Waals surface area contributed by atoms with Gasteiger partial charge in [-0.25, -0.2) is 0 Å². The molecule has 1 nitrogen and oxygen atoms in total. The van der Waals surface area contributed by atoms with E-state index in [-0.39, 0.29) is 0 Å². The molecule has 0 saturated heterocycles. The van der Waals surface area contributed by atoms with Gasteiger partial charge in [0.25, 0.3) is 0 Å². The summed E-state index contributed by atoms with van der Waals surface area (Å²) in [6.07, 6.45) is 1.26. The molecule has 0 amide bonds. The maximum absolute atomic E-state index is 5.70. The Morgan fingerprint density at radius 2 is 2.15 bits per heavy atom. The molecule has 1 saturated carbocycles. The van der Waals surface area contributed by atoms with Crippen LogP contribution in [-0.4, -0.2) is 6.54 Å². The van der Waals surface area contributed by atoms with Crippen LogP contribution in [0.15, 0.2) is 24.3 Å². The minimum atomic E-state index is 0.375. The molecule has 0 spiro atoms. The summed E-state index contributed by atoms with van der Waals surface area (Å²) in [7, 11) is 0. The molecule has 2 N–H and O–H groups in total. The maximum Gasteiger partial charge on any atom is -0.00287 e. The average molecular weight is 175 g/mol. The lowest BCUT2D eigenvalue weighted by molar-refractivity contribution is 0.662. The Balaban J connectivity index is 2.32. The van der Waals surface area contributed by atoms with Crippen LogP contribution in [0.2, 0.25) is 0 Å². The first-order chi connectivity index (χ1) is 6.18. The number of rotatable bonds is 2. The molecule has 1 aromatic rings. The van der Waals surface area contributed by atoms with E-state index in [9.17, 15) is 0 Å². The standard InChI is InChI=1S/C12H17N/c1-9-5-3-4-6-11(9)12(2)7-10(12)8-13/h3-6,10H,7-8,13H2,1-2H3/t10-,12-/m0/s1. The van der Waals surface area contributed by atoms with Crippen molar-refractivity contribution < 1.29 is 0 Å². The van der Waals surface area contributed by atoms with Crippen LogP contribution in [0.4, 0.5) is 0 Å². The number of hydrogen-bond donors (Lipinski definition) is 1. The Bertz CT molecular complexity index is 319. The van der Waals surface area contributed by atoms with Crippen molar-refractivity contribution in [2.75, 3.05) is 6.54 Å². The third kappa shape index (κ3) is 1.28. The highest BCUT2D eigenvalue weighted by atomic mass is 14.7. The van der Waals surface area contributed by atoms with E-state index >= 15 is 0 Å². The normalized spacial score (nSPS) is 31.8. The molecule has 2 rings (SSSR count). The molecule has 1 aliphatic rings. The fraction of sp³-hybridized carbons (Fsp3) is 0.500. The van der Waals surface area contributed by atoms with E-state index in [0.29, 0.717) is 11.3 Å². The van der Waals surface area contributed by atoms with Crippen LogP contribution >= 0.6 is 0 Å². The molecule has 0 aromatic heterocycles. The monoisotopic (exact) mass is 175 g/mol. The fourth-order valence-corrected chi connectivity index (χ4v) is 2.34. The Kier molecular flexibility index (Phi) is 1.92. The van der Waals surface area contributed by atoms with E-state index in [1.807, 2.05) is 0 Å². The van der Waals surface area contributed by atoms with Crippen LogP contribution in [-0.2, 0) is 5.41 Å². The lowest BCUT2D eigenvalue weighted by Gasteiger charge is -2.13. The average Bonchev–Trinajstić information content (AvgIpc) is 2.79. The lowest BCUT2D eigenvalue weighted by Crippen LogP contribution is -2.12. The summed E-state index contributed by atoms with van der Waals surface area (Å²) in [6, 6.07) is 8.65. The van der Waals surface area contributed by atoms with Gasteiger partial charge in [-0.15, -0.1) is 0 Å². The van der Waals surface area contributed by atoms with Gasteiger partial charge in [-0.2, -0.15) is 0 Å². The van der Waals surface area contributed by atoms with Gasteiger partial charge in [0, 0.05) is 0 Å². The van der Waals surface area contributed by atoms with Gasteiger partial charge in [-0.1, -0.05) is 31.2 Å². The van der Waals surface area contributed by atoms with Crippen LogP contribution < -0.4 is 5.73 Å². The molecule has 70 valence electrons. The Morgan fingerprint density at radius 1 is 1.46 bits per heavy atom. The first-order valence-electron chi connectivity index (χ1n) is 4.94. The van der Waals surface area contributed by atoms with Gasteiger partial charge in [-0.05, 0) is 42.3 Å². The summed E-state index contributed by atoms with van der Waals surface area (Å²) in [4.78, 5) is 0. The molecule has 1 fully saturated rings. The number of nitrogens with two attached hydrogens (primary N) is 1. The van der Waals surface area contributed by atoms with Crippen molar-refractivity contribution in [1.29, 1.82) is 0 Å². The molecule has 0 radical (unpaired) electrons. The van der Waals surface area contributed by atoms with Crippen molar-refractivity contribution in [3.05, 3.63) is 35.4 Å². The number of aryl methyl sites for hydroxylation is 1. The molecule has 1 heteroatoms. The Morgan fingerprint density at radius 3 is 2.69 bits per heavy atom. The second-order valence-corrected chi connectivity index (χ2v) is 4.37. The molecule has 1 aliphatic carbocycles. The minimum absolute atomic E-state index is 0.375. The zero-order valence-electron chi connectivity index (χ0n) is 8.38. The second kappa shape index (κ2) is 2.85. The Labute approximate surface area is 80.0 Å². The van der Waals surface area contributed by atoms with E-state index in [1.54, 1.807) is 0 Å². The zero-order chi connectivity index (χ0) is 9.47. The molecule has 0 heterocycles. The molecule has 2 atom stereocenters. The SMILES string of the molecule is Cc1ccccc1[C@@]1(C)C[C@H]1CN. The van der Waals surface area contributed by atoms with Gasteiger partial charge in [0.15, 0.2) is 0 Å². The van der Waals surface area contributed by atoms with Crippen LogP contribution in [0.1, 0.15) is 24.5 Å². The van der Waals surface area contributed by atoms with Crippen molar-refractivity contribution in [2.45, 2.75) is 25.7 Å². The smallest absolute Gasteiger partial charge is 0.00287 e. The van der Waals surface area contributed by atoms with E-state index in [4.69, 9.17) is 5.73 Å². The Hall–Kier alpha value is -0.820.